The molecule has 0 saturated carbocycles. The Balaban J connectivity index is 1.68. The molecule has 1 aliphatic heterocycles. The van der Waals surface area contributed by atoms with Crippen LogP contribution in [0.3, 0.4) is 0 Å². The molecule has 104 valence electrons. The highest BCUT2D eigenvalue weighted by Gasteiger charge is 2.20. The molecule has 3 rings (SSSR count). The summed E-state index contributed by atoms with van der Waals surface area (Å²) in [5.41, 5.74) is 4.70. The van der Waals surface area contributed by atoms with Crippen molar-refractivity contribution < 1.29 is 0 Å². The second-order valence-corrected chi connectivity index (χ2v) is 6.02. The second-order valence-electron chi connectivity index (χ2n) is 6.02. The number of likely N-dealkylation sites (N-methyl/N-ethyl adjacent to an activating group) is 1. The van der Waals surface area contributed by atoms with Gasteiger partial charge in [0.2, 0.25) is 0 Å². The van der Waals surface area contributed by atoms with E-state index in [1.807, 2.05) is 0 Å². The highest BCUT2D eigenvalue weighted by Crippen LogP contribution is 2.24. The van der Waals surface area contributed by atoms with E-state index in [-0.39, 0.29) is 0 Å². The van der Waals surface area contributed by atoms with E-state index in [1.54, 1.807) is 11.1 Å². The van der Waals surface area contributed by atoms with E-state index < -0.39 is 0 Å². The fourth-order valence-electron chi connectivity index (χ4n) is 3.60. The zero-order chi connectivity index (χ0) is 13.1. The molecule has 0 radical (unpaired) electrons. The van der Waals surface area contributed by atoms with Crippen LogP contribution in [0.2, 0.25) is 0 Å². The van der Waals surface area contributed by atoms with Gasteiger partial charge in [0, 0.05) is 19.1 Å². The molecular formula is C17H26N2. The largest absolute Gasteiger partial charge is 0.315 e. The summed E-state index contributed by atoms with van der Waals surface area (Å²) >= 11 is 0. The lowest BCUT2D eigenvalue weighted by Gasteiger charge is -2.34. The normalized spacial score (nSPS) is 22.7. The van der Waals surface area contributed by atoms with Crippen molar-refractivity contribution in [1.82, 2.24) is 10.2 Å². The Labute approximate surface area is 117 Å². The maximum atomic E-state index is 3.54. The van der Waals surface area contributed by atoms with Gasteiger partial charge in [-0.05, 0) is 61.9 Å². The lowest BCUT2D eigenvalue weighted by molar-refractivity contribution is 0.166. The summed E-state index contributed by atoms with van der Waals surface area (Å²) in [6.45, 7) is 6.94. The summed E-state index contributed by atoms with van der Waals surface area (Å²) in [4.78, 5) is 2.64. The molecular weight excluding hydrogens is 232 g/mol. The van der Waals surface area contributed by atoms with Crippen LogP contribution in [0.4, 0.5) is 0 Å². The lowest BCUT2D eigenvalue weighted by atomic mass is 10.0. The van der Waals surface area contributed by atoms with Crippen LogP contribution in [0.5, 0.6) is 0 Å². The van der Waals surface area contributed by atoms with Gasteiger partial charge < -0.3 is 5.32 Å². The Bertz CT molecular complexity index is 421. The Morgan fingerprint density at radius 1 is 1.21 bits per heavy atom. The summed E-state index contributed by atoms with van der Waals surface area (Å²) in [5.74, 6) is 0. The van der Waals surface area contributed by atoms with Crippen LogP contribution in [0.25, 0.3) is 0 Å². The number of benzene rings is 1. The smallest absolute Gasteiger partial charge is 0.0237 e. The first-order valence-corrected chi connectivity index (χ1v) is 7.92. The third kappa shape index (κ3) is 3.01. The molecule has 0 aromatic heterocycles. The maximum Gasteiger partial charge on any atom is 0.0237 e. The minimum absolute atomic E-state index is 0.729. The van der Waals surface area contributed by atoms with Gasteiger partial charge in [-0.3, -0.25) is 4.90 Å². The Morgan fingerprint density at radius 2 is 2.11 bits per heavy atom. The van der Waals surface area contributed by atoms with Gasteiger partial charge in [-0.1, -0.05) is 25.1 Å². The number of aryl methyl sites for hydroxylation is 2. The van der Waals surface area contributed by atoms with Gasteiger partial charge in [-0.25, -0.2) is 0 Å². The molecule has 1 atom stereocenters. The average Bonchev–Trinajstić information content (AvgIpc) is 2.93. The molecule has 2 aliphatic rings. The van der Waals surface area contributed by atoms with Gasteiger partial charge >= 0.3 is 0 Å². The summed E-state index contributed by atoms with van der Waals surface area (Å²) in [7, 11) is 0. The van der Waals surface area contributed by atoms with Gasteiger partial charge in [0.1, 0.15) is 0 Å². The van der Waals surface area contributed by atoms with Gasteiger partial charge in [0.05, 0.1) is 0 Å². The minimum atomic E-state index is 0.729. The molecule has 1 unspecified atom stereocenters. The number of hydrogen-bond acceptors (Lipinski definition) is 2. The molecule has 1 aromatic rings. The van der Waals surface area contributed by atoms with Crippen molar-refractivity contribution in [2.45, 2.75) is 51.6 Å². The van der Waals surface area contributed by atoms with Crippen molar-refractivity contribution in [3.8, 4) is 0 Å². The predicted octanol–water partition coefficient (Wildman–Crippen LogP) is 2.75. The summed E-state index contributed by atoms with van der Waals surface area (Å²) < 4.78 is 0. The first-order valence-electron chi connectivity index (χ1n) is 7.92. The molecule has 2 heteroatoms. The topological polar surface area (TPSA) is 15.3 Å². The molecule has 0 bridgehead atoms. The quantitative estimate of drug-likeness (QED) is 0.893. The molecule has 0 amide bonds. The van der Waals surface area contributed by atoms with Crippen molar-refractivity contribution in [2.24, 2.45) is 0 Å². The van der Waals surface area contributed by atoms with Crippen LogP contribution in [-0.4, -0.2) is 30.6 Å². The molecule has 19 heavy (non-hydrogen) atoms. The van der Waals surface area contributed by atoms with E-state index in [0.29, 0.717) is 0 Å². The number of rotatable bonds is 4. The van der Waals surface area contributed by atoms with Crippen LogP contribution in [0, 0.1) is 0 Å². The SMILES string of the molecule is CCN(Cc1ccc2c(c1)CCC2)C1CCCNC1. The van der Waals surface area contributed by atoms with E-state index >= 15 is 0 Å². The van der Waals surface area contributed by atoms with Crippen LogP contribution in [-0.2, 0) is 19.4 Å². The van der Waals surface area contributed by atoms with Gasteiger partial charge in [-0.15, -0.1) is 0 Å². The van der Waals surface area contributed by atoms with Crippen molar-refractivity contribution in [3.05, 3.63) is 34.9 Å². The first-order chi connectivity index (χ1) is 9.36. The fraction of sp³-hybridized carbons (Fsp3) is 0.647. The summed E-state index contributed by atoms with van der Waals surface area (Å²) in [6, 6.07) is 7.90. The number of nitrogens with zero attached hydrogens (tertiary/aromatic N) is 1. The Kier molecular flexibility index (Phi) is 4.19. The van der Waals surface area contributed by atoms with Crippen molar-refractivity contribution >= 4 is 0 Å². The molecule has 1 saturated heterocycles. The third-order valence-corrected chi connectivity index (χ3v) is 4.74. The van der Waals surface area contributed by atoms with E-state index in [9.17, 15) is 0 Å². The van der Waals surface area contributed by atoms with Crippen molar-refractivity contribution in [2.75, 3.05) is 19.6 Å². The monoisotopic (exact) mass is 258 g/mol. The van der Waals surface area contributed by atoms with Crippen LogP contribution in [0.15, 0.2) is 18.2 Å². The van der Waals surface area contributed by atoms with Crippen molar-refractivity contribution in [3.63, 3.8) is 0 Å². The fourth-order valence-corrected chi connectivity index (χ4v) is 3.60. The second kappa shape index (κ2) is 6.06. The van der Waals surface area contributed by atoms with Crippen molar-refractivity contribution in [1.29, 1.82) is 0 Å². The van der Waals surface area contributed by atoms with Crippen LogP contribution < -0.4 is 5.32 Å². The van der Waals surface area contributed by atoms with Crippen LogP contribution >= 0.6 is 0 Å². The molecule has 0 spiro atoms. The van der Waals surface area contributed by atoms with E-state index in [0.717, 1.165) is 19.1 Å². The summed E-state index contributed by atoms with van der Waals surface area (Å²) in [6.07, 6.45) is 6.61. The van der Waals surface area contributed by atoms with Gasteiger partial charge in [-0.2, -0.15) is 0 Å². The van der Waals surface area contributed by atoms with E-state index in [1.165, 1.54) is 50.8 Å². The minimum Gasteiger partial charge on any atom is -0.315 e. The number of piperidine rings is 1. The zero-order valence-corrected chi connectivity index (χ0v) is 12.1. The molecule has 1 heterocycles. The lowest BCUT2D eigenvalue weighted by Crippen LogP contribution is -2.45. The molecule has 2 nitrogen and oxygen atoms in total. The van der Waals surface area contributed by atoms with E-state index in [2.05, 4.69) is 35.3 Å². The summed E-state index contributed by atoms with van der Waals surface area (Å²) in [5, 5.41) is 3.54. The number of nitrogens with one attached hydrogen (secondary N) is 1. The highest BCUT2D eigenvalue weighted by molar-refractivity contribution is 5.35. The first kappa shape index (κ1) is 13.1. The average molecular weight is 258 g/mol. The highest BCUT2D eigenvalue weighted by atomic mass is 15.2. The standard InChI is InChI=1S/C17H26N2/c1-2-19(17-7-4-10-18-12-17)13-14-8-9-15-5-3-6-16(15)11-14/h8-9,11,17-18H,2-7,10,12-13H2,1H3. The number of hydrogen-bond donors (Lipinski definition) is 1. The Morgan fingerprint density at radius 3 is 2.89 bits per heavy atom. The number of fused-ring (bicyclic) bond motifs is 1. The molecule has 1 aliphatic carbocycles. The van der Waals surface area contributed by atoms with Gasteiger partial charge in [0.25, 0.3) is 0 Å². The molecule has 1 aromatic carbocycles. The zero-order valence-electron chi connectivity index (χ0n) is 12.1. The maximum absolute atomic E-state index is 3.54. The van der Waals surface area contributed by atoms with Gasteiger partial charge in [0.15, 0.2) is 0 Å². The third-order valence-electron chi connectivity index (χ3n) is 4.74. The molecule has 1 N–H and O–H groups in total. The Hall–Kier alpha value is -0.860. The predicted molar refractivity (Wildman–Crippen MR) is 80.4 cm³/mol. The van der Waals surface area contributed by atoms with Crippen LogP contribution in [0.1, 0.15) is 42.9 Å². The van der Waals surface area contributed by atoms with E-state index in [4.69, 9.17) is 0 Å². The molecule has 1 fully saturated rings.